The van der Waals surface area contributed by atoms with Crippen molar-refractivity contribution in [1.29, 1.82) is 0 Å². The Morgan fingerprint density at radius 1 is 1.41 bits per heavy atom. The molecule has 92 valence electrons. The Morgan fingerprint density at radius 3 is 2.65 bits per heavy atom. The standard InChI is InChI=1S/C13H16ClNO2/c1-13(17)5-7-15(8-6-13)12(16)10-3-2-4-11(14)9-10/h2-4,9,17H,5-8H2,1H3. The first kappa shape index (κ1) is 12.4. The zero-order valence-electron chi connectivity index (χ0n) is 9.82. The van der Waals surface area contributed by atoms with Gasteiger partial charge in [0.2, 0.25) is 0 Å². The van der Waals surface area contributed by atoms with Crippen LogP contribution in [0.3, 0.4) is 0 Å². The molecule has 1 aliphatic rings. The van der Waals surface area contributed by atoms with Crippen molar-refractivity contribution in [3.05, 3.63) is 34.9 Å². The van der Waals surface area contributed by atoms with Gasteiger partial charge in [-0.2, -0.15) is 0 Å². The van der Waals surface area contributed by atoms with Gasteiger partial charge in [-0.25, -0.2) is 0 Å². The lowest BCUT2D eigenvalue weighted by Crippen LogP contribution is -2.45. The zero-order chi connectivity index (χ0) is 12.5. The van der Waals surface area contributed by atoms with Crippen molar-refractivity contribution in [3.63, 3.8) is 0 Å². The molecule has 1 aromatic carbocycles. The topological polar surface area (TPSA) is 40.5 Å². The minimum absolute atomic E-state index is 0.0111. The molecule has 0 atom stereocenters. The molecule has 1 heterocycles. The number of piperidine rings is 1. The quantitative estimate of drug-likeness (QED) is 0.835. The van der Waals surface area contributed by atoms with Gasteiger partial charge < -0.3 is 10.0 Å². The minimum Gasteiger partial charge on any atom is -0.390 e. The van der Waals surface area contributed by atoms with E-state index in [1.165, 1.54) is 0 Å². The van der Waals surface area contributed by atoms with Gasteiger partial charge in [-0.05, 0) is 38.0 Å². The average molecular weight is 254 g/mol. The Hall–Kier alpha value is -1.06. The maximum absolute atomic E-state index is 12.1. The second-order valence-electron chi connectivity index (χ2n) is 4.80. The SMILES string of the molecule is CC1(O)CCN(C(=O)c2cccc(Cl)c2)CC1. The molecule has 1 N–H and O–H groups in total. The van der Waals surface area contributed by atoms with Crippen LogP contribution in [0.25, 0.3) is 0 Å². The molecule has 0 radical (unpaired) electrons. The molecule has 0 aliphatic carbocycles. The third kappa shape index (κ3) is 2.99. The Morgan fingerprint density at radius 2 is 2.06 bits per heavy atom. The molecule has 2 rings (SSSR count). The van der Waals surface area contributed by atoms with Crippen molar-refractivity contribution in [1.82, 2.24) is 4.90 Å². The van der Waals surface area contributed by atoms with E-state index in [1.807, 2.05) is 6.92 Å². The Labute approximate surface area is 106 Å². The van der Waals surface area contributed by atoms with E-state index in [4.69, 9.17) is 11.6 Å². The maximum Gasteiger partial charge on any atom is 0.253 e. The van der Waals surface area contributed by atoms with E-state index in [1.54, 1.807) is 29.2 Å². The summed E-state index contributed by atoms with van der Waals surface area (Å²) >= 11 is 5.86. The Kier molecular flexibility index (Phi) is 3.40. The number of carbonyl (C=O) groups is 1. The highest BCUT2D eigenvalue weighted by Gasteiger charge is 2.29. The molecule has 0 saturated carbocycles. The van der Waals surface area contributed by atoms with Crippen molar-refractivity contribution in [2.45, 2.75) is 25.4 Å². The molecular formula is C13H16ClNO2. The molecule has 1 fully saturated rings. The van der Waals surface area contributed by atoms with Gasteiger partial charge in [0.15, 0.2) is 0 Å². The van der Waals surface area contributed by atoms with Crippen LogP contribution in [0.1, 0.15) is 30.1 Å². The van der Waals surface area contributed by atoms with E-state index in [9.17, 15) is 9.90 Å². The number of nitrogens with zero attached hydrogens (tertiary/aromatic N) is 1. The monoisotopic (exact) mass is 253 g/mol. The third-order valence-corrected chi connectivity index (χ3v) is 3.43. The first-order chi connectivity index (χ1) is 7.98. The average Bonchev–Trinajstić information content (AvgIpc) is 2.28. The molecule has 4 heteroatoms. The number of carbonyl (C=O) groups excluding carboxylic acids is 1. The first-order valence-corrected chi connectivity index (χ1v) is 6.13. The second-order valence-corrected chi connectivity index (χ2v) is 5.24. The van der Waals surface area contributed by atoms with Crippen LogP contribution in [0.2, 0.25) is 5.02 Å². The molecule has 1 saturated heterocycles. The third-order valence-electron chi connectivity index (χ3n) is 3.20. The summed E-state index contributed by atoms with van der Waals surface area (Å²) in [5.41, 5.74) is -0.0236. The van der Waals surface area contributed by atoms with Crippen LogP contribution >= 0.6 is 11.6 Å². The number of hydrogen-bond acceptors (Lipinski definition) is 2. The fourth-order valence-electron chi connectivity index (χ4n) is 2.00. The summed E-state index contributed by atoms with van der Waals surface area (Å²) in [5.74, 6) is -0.0111. The maximum atomic E-state index is 12.1. The fraction of sp³-hybridized carbons (Fsp3) is 0.462. The van der Waals surface area contributed by atoms with Crippen LogP contribution in [0.4, 0.5) is 0 Å². The van der Waals surface area contributed by atoms with Gasteiger partial charge in [0.25, 0.3) is 5.91 Å². The van der Waals surface area contributed by atoms with Crippen molar-refractivity contribution in [2.24, 2.45) is 0 Å². The van der Waals surface area contributed by atoms with Gasteiger partial charge in [0.05, 0.1) is 5.60 Å². The van der Waals surface area contributed by atoms with Gasteiger partial charge in [0, 0.05) is 23.7 Å². The minimum atomic E-state index is -0.634. The highest BCUT2D eigenvalue weighted by atomic mass is 35.5. The molecule has 1 aliphatic heterocycles. The predicted octanol–water partition coefficient (Wildman–Crippen LogP) is 2.33. The first-order valence-electron chi connectivity index (χ1n) is 5.75. The summed E-state index contributed by atoms with van der Waals surface area (Å²) in [4.78, 5) is 13.9. The van der Waals surface area contributed by atoms with Crippen LogP contribution in [-0.4, -0.2) is 34.6 Å². The lowest BCUT2D eigenvalue weighted by Gasteiger charge is -2.35. The van der Waals surface area contributed by atoms with Crippen LogP contribution < -0.4 is 0 Å². The Bertz CT molecular complexity index is 421. The number of amides is 1. The van der Waals surface area contributed by atoms with Gasteiger partial charge >= 0.3 is 0 Å². The highest BCUT2D eigenvalue weighted by Crippen LogP contribution is 2.23. The molecule has 3 nitrogen and oxygen atoms in total. The summed E-state index contributed by atoms with van der Waals surface area (Å²) in [7, 11) is 0. The summed E-state index contributed by atoms with van der Waals surface area (Å²) in [6, 6.07) is 6.96. The summed E-state index contributed by atoms with van der Waals surface area (Å²) < 4.78 is 0. The van der Waals surface area contributed by atoms with Crippen LogP contribution in [-0.2, 0) is 0 Å². The van der Waals surface area contributed by atoms with E-state index in [2.05, 4.69) is 0 Å². The normalized spacial score (nSPS) is 19.1. The molecular weight excluding hydrogens is 238 g/mol. The van der Waals surface area contributed by atoms with Gasteiger partial charge in [-0.1, -0.05) is 17.7 Å². The van der Waals surface area contributed by atoms with E-state index < -0.39 is 5.60 Å². The molecule has 0 bridgehead atoms. The number of benzene rings is 1. The van der Waals surface area contributed by atoms with Crippen LogP contribution in [0, 0.1) is 0 Å². The number of halogens is 1. The molecule has 1 amide bonds. The molecule has 17 heavy (non-hydrogen) atoms. The predicted molar refractivity (Wildman–Crippen MR) is 67.2 cm³/mol. The van der Waals surface area contributed by atoms with Crippen molar-refractivity contribution >= 4 is 17.5 Å². The lowest BCUT2D eigenvalue weighted by atomic mass is 9.93. The number of hydrogen-bond donors (Lipinski definition) is 1. The number of likely N-dealkylation sites (tertiary alicyclic amines) is 1. The van der Waals surface area contributed by atoms with Crippen molar-refractivity contribution in [3.8, 4) is 0 Å². The number of rotatable bonds is 1. The van der Waals surface area contributed by atoms with Crippen molar-refractivity contribution in [2.75, 3.05) is 13.1 Å². The molecule has 0 aromatic heterocycles. The van der Waals surface area contributed by atoms with Gasteiger partial charge in [0.1, 0.15) is 0 Å². The summed E-state index contributed by atoms with van der Waals surface area (Å²) in [5, 5.41) is 10.4. The summed E-state index contributed by atoms with van der Waals surface area (Å²) in [6.07, 6.45) is 1.25. The lowest BCUT2D eigenvalue weighted by molar-refractivity contribution is -0.00202. The highest BCUT2D eigenvalue weighted by molar-refractivity contribution is 6.30. The molecule has 0 spiro atoms. The molecule has 0 unspecified atom stereocenters. The zero-order valence-corrected chi connectivity index (χ0v) is 10.6. The van der Waals surface area contributed by atoms with Crippen LogP contribution in [0.15, 0.2) is 24.3 Å². The molecule has 1 aromatic rings. The number of aliphatic hydroxyl groups is 1. The fourth-order valence-corrected chi connectivity index (χ4v) is 2.19. The van der Waals surface area contributed by atoms with E-state index in [0.29, 0.717) is 36.5 Å². The van der Waals surface area contributed by atoms with E-state index in [-0.39, 0.29) is 5.91 Å². The largest absolute Gasteiger partial charge is 0.390 e. The van der Waals surface area contributed by atoms with Gasteiger partial charge in [-0.15, -0.1) is 0 Å². The van der Waals surface area contributed by atoms with Crippen molar-refractivity contribution < 1.29 is 9.90 Å². The van der Waals surface area contributed by atoms with Crippen LogP contribution in [0.5, 0.6) is 0 Å². The van der Waals surface area contributed by atoms with Gasteiger partial charge in [-0.3, -0.25) is 4.79 Å². The van der Waals surface area contributed by atoms with E-state index >= 15 is 0 Å². The smallest absolute Gasteiger partial charge is 0.253 e. The Balaban J connectivity index is 2.07. The summed E-state index contributed by atoms with van der Waals surface area (Å²) in [6.45, 7) is 3.00. The van der Waals surface area contributed by atoms with E-state index in [0.717, 1.165) is 0 Å². The second kappa shape index (κ2) is 4.67.